The summed E-state index contributed by atoms with van der Waals surface area (Å²) in [5.74, 6) is 0.328. The van der Waals surface area contributed by atoms with E-state index in [-0.39, 0.29) is 11.8 Å². The van der Waals surface area contributed by atoms with E-state index in [1.807, 2.05) is 29.2 Å². The van der Waals surface area contributed by atoms with Gasteiger partial charge in [-0.1, -0.05) is 6.92 Å². The smallest absolute Gasteiger partial charge is 0.239 e. The molecule has 0 unspecified atom stereocenters. The topological polar surface area (TPSA) is 55.9 Å². The van der Waals surface area contributed by atoms with Crippen LogP contribution in [-0.2, 0) is 9.59 Å². The van der Waals surface area contributed by atoms with Crippen molar-refractivity contribution in [1.82, 2.24) is 9.80 Å². The van der Waals surface area contributed by atoms with E-state index in [0.29, 0.717) is 5.92 Å². The molecule has 6 heteroatoms. The van der Waals surface area contributed by atoms with Gasteiger partial charge in [-0.3, -0.25) is 9.59 Å². The summed E-state index contributed by atoms with van der Waals surface area (Å²) in [4.78, 5) is 32.3. The highest BCUT2D eigenvalue weighted by Crippen LogP contribution is 2.26. The molecule has 2 aliphatic heterocycles. The molecule has 1 N–H and O–H groups in total. The second-order valence-corrected chi connectivity index (χ2v) is 8.89. The van der Waals surface area contributed by atoms with E-state index < -0.39 is 5.41 Å². The van der Waals surface area contributed by atoms with Gasteiger partial charge in [0.1, 0.15) is 5.41 Å². The third-order valence-electron chi connectivity index (χ3n) is 6.17. The Kier molecular flexibility index (Phi) is 6.28. The van der Waals surface area contributed by atoms with Crippen molar-refractivity contribution in [2.75, 3.05) is 56.5 Å². The SMILES string of the molecule is CC1CCN(C(=O)C(C)(C)C(=O)Nc2ccc(N3CCN(C)CC3)cc2)CC1. The summed E-state index contributed by atoms with van der Waals surface area (Å²) >= 11 is 0. The van der Waals surface area contributed by atoms with Gasteiger partial charge in [-0.05, 0) is 63.9 Å². The summed E-state index contributed by atoms with van der Waals surface area (Å²) in [6.45, 7) is 11.3. The van der Waals surface area contributed by atoms with Gasteiger partial charge in [0, 0.05) is 50.6 Å². The maximum Gasteiger partial charge on any atom is 0.239 e. The minimum atomic E-state index is -1.07. The number of carbonyl (C=O) groups is 2. The average Bonchev–Trinajstić information content (AvgIpc) is 2.69. The van der Waals surface area contributed by atoms with Gasteiger partial charge in [0.2, 0.25) is 11.8 Å². The van der Waals surface area contributed by atoms with Crippen LogP contribution in [0, 0.1) is 11.3 Å². The Balaban J connectivity index is 1.59. The van der Waals surface area contributed by atoms with Crippen molar-refractivity contribution in [1.29, 1.82) is 0 Å². The van der Waals surface area contributed by atoms with E-state index in [4.69, 9.17) is 0 Å². The van der Waals surface area contributed by atoms with Crippen molar-refractivity contribution in [2.45, 2.75) is 33.6 Å². The molecule has 0 aromatic heterocycles. The Labute approximate surface area is 168 Å². The van der Waals surface area contributed by atoms with Crippen molar-refractivity contribution in [3.63, 3.8) is 0 Å². The quantitative estimate of drug-likeness (QED) is 0.809. The van der Waals surface area contributed by atoms with Crippen LogP contribution in [0.15, 0.2) is 24.3 Å². The molecule has 6 nitrogen and oxygen atoms in total. The Morgan fingerprint density at radius 2 is 1.54 bits per heavy atom. The minimum absolute atomic E-state index is 0.0778. The number of anilines is 2. The van der Waals surface area contributed by atoms with Crippen LogP contribution in [0.3, 0.4) is 0 Å². The zero-order chi connectivity index (χ0) is 20.3. The number of likely N-dealkylation sites (N-methyl/N-ethyl adjacent to an activating group) is 1. The molecule has 0 atom stereocenters. The monoisotopic (exact) mass is 386 g/mol. The van der Waals surface area contributed by atoms with Crippen LogP contribution in [-0.4, -0.2) is 67.9 Å². The lowest BCUT2D eigenvalue weighted by Gasteiger charge is -2.35. The number of piperazine rings is 1. The van der Waals surface area contributed by atoms with Crippen LogP contribution < -0.4 is 10.2 Å². The van der Waals surface area contributed by atoms with Crippen LogP contribution in [0.1, 0.15) is 33.6 Å². The number of hydrogen-bond acceptors (Lipinski definition) is 4. The van der Waals surface area contributed by atoms with Gasteiger partial charge in [0.15, 0.2) is 0 Å². The van der Waals surface area contributed by atoms with Crippen molar-refractivity contribution < 1.29 is 9.59 Å². The molecular formula is C22H34N4O2. The fraction of sp³-hybridized carbons (Fsp3) is 0.636. The second kappa shape index (κ2) is 8.52. The van der Waals surface area contributed by atoms with Crippen LogP contribution in [0.2, 0.25) is 0 Å². The standard InChI is InChI=1S/C22H34N4O2/c1-17-9-11-26(12-10-17)21(28)22(2,3)20(27)23-18-5-7-19(8-6-18)25-15-13-24(4)14-16-25/h5-8,17H,9-16H2,1-4H3,(H,23,27). The zero-order valence-electron chi connectivity index (χ0n) is 17.7. The fourth-order valence-electron chi connectivity index (χ4n) is 3.81. The predicted octanol–water partition coefficient (Wildman–Crippen LogP) is 2.66. The highest BCUT2D eigenvalue weighted by atomic mass is 16.2. The van der Waals surface area contributed by atoms with E-state index in [0.717, 1.165) is 57.8 Å². The van der Waals surface area contributed by atoms with Crippen LogP contribution in [0.5, 0.6) is 0 Å². The Morgan fingerprint density at radius 3 is 2.11 bits per heavy atom. The normalized spacial score (nSPS) is 19.6. The highest BCUT2D eigenvalue weighted by molar-refractivity contribution is 6.09. The van der Waals surface area contributed by atoms with E-state index in [9.17, 15) is 9.59 Å². The number of likely N-dealkylation sites (tertiary alicyclic amines) is 1. The molecule has 2 aliphatic rings. The summed E-state index contributed by atoms with van der Waals surface area (Å²) in [5.41, 5.74) is 0.830. The second-order valence-electron chi connectivity index (χ2n) is 8.89. The minimum Gasteiger partial charge on any atom is -0.369 e. The first kappa shape index (κ1) is 20.6. The summed E-state index contributed by atoms with van der Waals surface area (Å²) < 4.78 is 0. The molecule has 2 amide bonds. The molecule has 1 aromatic carbocycles. The molecule has 0 bridgehead atoms. The summed E-state index contributed by atoms with van der Waals surface area (Å²) in [5, 5.41) is 2.93. The largest absolute Gasteiger partial charge is 0.369 e. The van der Waals surface area contributed by atoms with Crippen LogP contribution >= 0.6 is 0 Å². The lowest BCUT2D eigenvalue weighted by atomic mass is 9.88. The zero-order valence-corrected chi connectivity index (χ0v) is 17.7. The first-order valence-electron chi connectivity index (χ1n) is 10.4. The Morgan fingerprint density at radius 1 is 0.964 bits per heavy atom. The van der Waals surface area contributed by atoms with Gasteiger partial charge in [0.05, 0.1) is 0 Å². The number of hydrogen-bond donors (Lipinski definition) is 1. The first-order valence-corrected chi connectivity index (χ1v) is 10.4. The molecular weight excluding hydrogens is 352 g/mol. The van der Waals surface area contributed by atoms with Gasteiger partial charge in [-0.2, -0.15) is 0 Å². The summed E-state index contributed by atoms with van der Waals surface area (Å²) in [6, 6.07) is 7.94. The lowest BCUT2D eigenvalue weighted by molar-refractivity contribution is -0.147. The molecule has 0 spiro atoms. The van der Waals surface area contributed by atoms with Crippen molar-refractivity contribution in [2.24, 2.45) is 11.3 Å². The van der Waals surface area contributed by atoms with E-state index in [1.165, 1.54) is 5.69 Å². The lowest BCUT2D eigenvalue weighted by Crippen LogP contribution is -2.49. The number of nitrogens with one attached hydrogen (secondary N) is 1. The molecule has 0 radical (unpaired) electrons. The Hall–Kier alpha value is -2.08. The number of benzene rings is 1. The Bertz CT molecular complexity index is 685. The first-order chi connectivity index (χ1) is 13.3. The van der Waals surface area contributed by atoms with E-state index in [1.54, 1.807) is 13.8 Å². The molecule has 28 heavy (non-hydrogen) atoms. The third kappa shape index (κ3) is 4.66. The van der Waals surface area contributed by atoms with Gasteiger partial charge in [-0.15, -0.1) is 0 Å². The number of rotatable bonds is 4. The average molecular weight is 387 g/mol. The molecule has 1 aromatic rings. The maximum absolute atomic E-state index is 12.9. The van der Waals surface area contributed by atoms with Gasteiger partial charge >= 0.3 is 0 Å². The molecule has 154 valence electrons. The number of amides is 2. The van der Waals surface area contributed by atoms with E-state index in [2.05, 4.69) is 29.1 Å². The van der Waals surface area contributed by atoms with Crippen LogP contribution in [0.25, 0.3) is 0 Å². The molecule has 0 saturated carbocycles. The maximum atomic E-state index is 12.9. The number of piperidine rings is 1. The van der Waals surface area contributed by atoms with Gasteiger partial charge in [0.25, 0.3) is 0 Å². The number of carbonyl (C=O) groups excluding carboxylic acids is 2. The van der Waals surface area contributed by atoms with Crippen LogP contribution in [0.4, 0.5) is 11.4 Å². The molecule has 2 fully saturated rings. The summed E-state index contributed by atoms with van der Waals surface area (Å²) in [6.07, 6.45) is 2.02. The fourth-order valence-corrected chi connectivity index (χ4v) is 3.81. The number of nitrogens with zero attached hydrogens (tertiary/aromatic N) is 3. The van der Waals surface area contributed by atoms with Gasteiger partial charge < -0.3 is 20.0 Å². The third-order valence-corrected chi connectivity index (χ3v) is 6.17. The molecule has 2 heterocycles. The van der Waals surface area contributed by atoms with Gasteiger partial charge in [-0.25, -0.2) is 0 Å². The predicted molar refractivity (Wildman–Crippen MR) is 114 cm³/mol. The molecule has 3 rings (SSSR count). The van der Waals surface area contributed by atoms with E-state index >= 15 is 0 Å². The molecule has 0 aliphatic carbocycles. The summed E-state index contributed by atoms with van der Waals surface area (Å²) in [7, 11) is 2.14. The van der Waals surface area contributed by atoms with Crippen molar-refractivity contribution in [3.8, 4) is 0 Å². The highest BCUT2D eigenvalue weighted by Gasteiger charge is 2.40. The van der Waals surface area contributed by atoms with Crippen molar-refractivity contribution in [3.05, 3.63) is 24.3 Å². The molecule has 2 saturated heterocycles. The van der Waals surface area contributed by atoms with Crippen molar-refractivity contribution >= 4 is 23.2 Å².